The maximum atomic E-state index is 14.2. The van der Waals surface area contributed by atoms with Crippen molar-refractivity contribution < 1.29 is 8.78 Å². The summed E-state index contributed by atoms with van der Waals surface area (Å²) in [5.74, 6) is -0.753. The van der Waals surface area contributed by atoms with Gasteiger partial charge in [0.05, 0.1) is 22.4 Å². The Morgan fingerprint density at radius 1 is 1.17 bits per heavy atom. The number of nitrogens with one attached hydrogen (secondary N) is 1. The topological polar surface area (TPSA) is 24.9 Å². The van der Waals surface area contributed by atoms with Crippen LogP contribution in [0.1, 0.15) is 24.2 Å². The third-order valence-corrected chi connectivity index (χ3v) is 4.77. The highest BCUT2D eigenvalue weighted by Gasteiger charge is 2.18. The normalized spacial score (nSPS) is 12.4. The Labute approximate surface area is 152 Å². The minimum atomic E-state index is -0.444. The Kier molecular flexibility index (Phi) is 4.74. The maximum absolute atomic E-state index is 14.2. The highest BCUT2D eigenvalue weighted by Crippen LogP contribution is 2.37. The zero-order valence-electron chi connectivity index (χ0n) is 13.0. The second-order valence-electron chi connectivity index (χ2n) is 5.56. The number of rotatable bonds is 3. The van der Waals surface area contributed by atoms with E-state index in [1.165, 1.54) is 12.1 Å². The van der Waals surface area contributed by atoms with E-state index < -0.39 is 5.82 Å². The molecule has 0 bridgehead atoms. The average molecular weight is 412 g/mol. The largest absolute Gasteiger partial charge is 0.377 e. The zero-order chi connectivity index (χ0) is 17.4. The maximum Gasteiger partial charge on any atom is 0.150 e. The van der Waals surface area contributed by atoms with E-state index in [1.807, 2.05) is 6.92 Å². The lowest BCUT2D eigenvalue weighted by Crippen LogP contribution is -2.10. The van der Waals surface area contributed by atoms with Crippen molar-refractivity contribution in [1.29, 1.82) is 0 Å². The Morgan fingerprint density at radius 2 is 1.88 bits per heavy atom. The van der Waals surface area contributed by atoms with Crippen LogP contribution in [0.4, 0.5) is 14.5 Å². The zero-order valence-corrected chi connectivity index (χ0v) is 15.3. The number of nitrogens with zero attached hydrogens (tertiary/aromatic N) is 1. The summed E-state index contributed by atoms with van der Waals surface area (Å²) in [5.41, 5.74) is 1.78. The van der Waals surface area contributed by atoms with Gasteiger partial charge in [-0.1, -0.05) is 45.7 Å². The Bertz CT molecular complexity index is 931. The third-order valence-electron chi connectivity index (χ3n) is 3.85. The fraction of sp³-hybridized carbons (Fsp3) is 0.167. The summed E-state index contributed by atoms with van der Waals surface area (Å²) in [6, 6.07) is 9.26. The molecule has 1 N–H and O–H groups in total. The second kappa shape index (κ2) is 6.65. The van der Waals surface area contributed by atoms with Gasteiger partial charge >= 0.3 is 0 Å². The molecule has 0 saturated carbocycles. The molecule has 1 aromatic heterocycles. The van der Waals surface area contributed by atoms with Gasteiger partial charge in [-0.05, 0) is 32.0 Å². The van der Waals surface area contributed by atoms with Crippen LogP contribution in [0.5, 0.6) is 0 Å². The highest BCUT2D eigenvalue weighted by molar-refractivity contribution is 9.10. The van der Waals surface area contributed by atoms with Crippen molar-refractivity contribution in [1.82, 2.24) is 4.98 Å². The molecule has 0 radical (unpaired) electrons. The van der Waals surface area contributed by atoms with Gasteiger partial charge in [-0.15, -0.1) is 0 Å². The molecule has 0 amide bonds. The molecule has 124 valence electrons. The van der Waals surface area contributed by atoms with E-state index in [4.69, 9.17) is 11.6 Å². The molecule has 0 aliphatic heterocycles. The van der Waals surface area contributed by atoms with Crippen molar-refractivity contribution in [3.63, 3.8) is 0 Å². The number of aromatic nitrogens is 1. The summed E-state index contributed by atoms with van der Waals surface area (Å²) >= 11 is 9.68. The standard InChI is InChI=1S/C18H14BrClF2N2/c1-9(12-5-3-4-6-14(12)21)23-18-13-7-11(19)8-15(22)17(13)24-10(2)16(18)20/h3-9H,1-2H3,(H,23,24). The van der Waals surface area contributed by atoms with Crippen LogP contribution in [-0.2, 0) is 0 Å². The summed E-state index contributed by atoms with van der Waals surface area (Å²) in [4.78, 5) is 4.23. The summed E-state index contributed by atoms with van der Waals surface area (Å²) < 4.78 is 28.8. The third kappa shape index (κ3) is 3.10. The molecule has 1 unspecified atom stereocenters. The molecule has 24 heavy (non-hydrogen) atoms. The number of hydrogen-bond acceptors (Lipinski definition) is 2. The Morgan fingerprint density at radius 3 is 2.58 bits per heavy atom. The van der Waals surface area contributed by atoms with Gasteiger partial charge in [-0.25, -0.2) is 13.8 Å². The second-order valence-corrected chi connectivity index (χ2v) is 6.85. The molecule has 6 heteroatoms. The van der Waals surface area contributed by atoms with Gasteiger partial charge < -0.3 is 5.32 Å². The number of halogens is 4. The predicted octanol–water partition coefficient (Wildman–Crippen LogP) is 6.41. The van der Waals surface area contributed by atoms with Crippen LogP contribution in [0.2, 0.25) is 5.02 Å². The molecular weight excluding hydrogens is 398 g/mol. The lowest BCUT2D eigenvalue weighted by Gasteiger charge is -2.20. The monoisotopic (exact) mass is 410 g/mol. The molecular formula is C18H14BrClF2N2. The highest BCUT2D eigenvalue weighted by atomic mass is 79.9. The molecule has 3 rings (SSSR count). The summed E-state index contributed by atoms with van der Waals surface area (Å²) in [5, 5.41) is 4.14. The number of fused-ring (bicyclic) bond motifs is 1. The number of hydrogen-bond donors (Lipinski definition) is 1. The molecule has 1 atom stereocenters. The van der Waals surface area contributed by atoms with E-state index in [-0.39, 0.29) is 17.4 Å². The van der Waals surface area contributed by atoms with Crippen LogP contribution in [0.3, 0.4) is 0 Å². The Hall–Kier alpha value is -1.72. The predicted molar refractivity (Wildman–Crippen MR) is 97.6 cm³/mol. The van der Waals surface area contributed by atoms with Gasteiger partial charge in [0.2, 0.25) is 0 Å². The van der Waals surface area contributed by atoms with E-state index in [0.717, 1.165) is 0 Å². The Balaban J connectivity index is 2.15. The van der Waals surface area contributed by atoms with E-state index in [9.17, 15) is 8.78 Å². The summed E-state index contributed by atoms with van der Waals surface area (Å²) in [7, 11) is 0. The van der Waals surface area contributed by atoms with Crippen LogP contribution in [0.25, 0.3) is 10.9 Å². The van der Waals surface area contributed by atoms with Crippen molar-refractivity contribution in [3.05, 3.63) is 68.8 Å². The SMILES string of the molecule is Cc1nc2c(F)cc(Br)cc2c(NC(C)c2ccccc2F)c1Cl. The first kappa shape index (κ1) is 17.1. The van der Waals surface area contributed by atoms with Crippen LogP contribution >= 0.6 is 27.5 Å². The van der Waals surface area contributed by atoms with Gasteiger partial charge in [-0.3, -0.25) is 0 Å². The van der Waals surface area contributed by atoms with Crippen LogP contribution in [-0.4, -0.2) is 4.98 Å². The lowest BCUT2D eigenvalue weighted by atomic mass is 10.1. The number of pyridine rings is 1. The van der Waals surface area contributed by atoms with Gasteiger partial charge in [0, 0.05) is 15.4 Å². The summed E-state index contributed by atoms with van der Waals surface area (Å²) in [6.07, 6.45) is 0. The molecule has 0 saturated heterocycles. The van der Waals surface area contributed by atoms with Crippen LogP contribution < -0.4 is 5.32 Å². The van der Waals surface area contributed by atoms with Gasteiger partial charge in [-0.2, -0.15) is 0 Å². The van der Waals surface area contributed by atoms with Crippen molar-refractivity contribution in [2.24, 2.45) is 0 Å². The van der Waals surface area contributed by atoms with E-state index in [1.54, 1.807) is 31.2 Å². The molecule has 0 aliphatic carbocycles. The first-order valence-corrected chi connectivity index (χ1v) is 8.51. The fourth-order valence-electron chi connectivity index (χ4n) is 2.65. The van der Waals surface area contributed by atoms with Gasteiger partial charge in [0.25, 0.3) is 0 Å². The minimum Gasteiger partial charge on any atom is -0.377 e. The lowest BCUT2D eigenvalue weighted by molar-refractivity contribution is 0.600. The van der Waals surface area contributed by atoms with Crippen molar-refractivity contribution in [2.45, 2.75) is 19.9 Å². The molecule has 1 heterocycles. The van der Waals surface area contributed by atoms with Crippen LogP contribution in [0, 0.1) is 18.6 Å². The molecule has 2 nitrogen and oxygen atoms in total. The summed E-state index contributed by atoms with van der Waals surface area (Å²) in [6.45, 7) is 3.53. The van der Waals surface area contributed by atoms with E-state index in [2.05, 4.69) is 26.2 Å². The van der Waals surface area contributed by atoms with Crippen molar-refractivity contribution in [2.75, 3.05) is 5.32 Å². The number of aryl methyl sites for hydroxylation is 1. The molecule has 0 aliphatic rings. The molecule has 0 fully saturated rings. The molecule has 3 aromatic rings. The van der Waals surface area contributed by atoms with E-state index >= 15 is 0 Å². The fourth-order valence-corrected chi connectivity index (χ4v) is 3.28. The van der Waals surface area contributed by atoms with Gasteiger partial charge in [0.1, 0.15) is 11.3 Å². The first-order valence-electron chi connectivity index (χ1n) is 7.34. The van der Waals surface area contributed by atoms with Crippen molar-refractivity contribution in [3.8, 4) is 0 Å². The quantitative estimate of drug-likeness (QED) is 0.538. The first-order chi connectivity index (χ1) is 11.4. The average Bonchev–Trinajstić information content (AvgIpc) is 2.53. The molecule has 0 spiro atoms. The number of benzene rings is 2. The van der Waals surface area contributed by atoms with Crippen LogP contribution in [0.15, 0.2) is 40.9 Å². The number of anilines is 1. The van der Waals surface area contributed by atoms with E-state index in [0.29, 0.717) is 31.8 Å². The molecule has 2 aromatic carbocycles. The smallest absolute Gasteiger partial charge is 0.150 e. The van der Waals surface area contributed by atoms with Gasteiger partial charge in [0.15, 0.2) is 5.82 Å². The van der Waals surface area contributed by atoms with Crippen molar-refractivity contribution >= 4 is 44.1 Å². The minimum absolute atomic E-state index is 0.225.